The summed E-state index contributed by atoms with van der Waals surface area (Å²) in [6, 6.07) is 72.3. The van der Waals surface area contributed by atoms with Crippen LogP contribution >= 0.6 is 0 Å². The van der Waals surface area contributed by atoms with Crippen molar-refractivity contribution in [2.24, 2.45) is 35.5 Å². The first-order chi connectivity index (χ1) is 33.4. The lowest BCUT2D eigenvalue weighted by atomic mass is 9.53. The molecule has 0 N–H and O–H groups in total. The average Bonchev–Trinajstić information content (AvgIpc) is 3.68. The maximum Gasteiger partial charge on any atom is 0.0468 e. The number of nitrogens with zero attached hydrogens (tertiary/aromatic N) is 1. The molecule has 334 valence electrons. The summed E-state index contributed by atoms with van der Waals surface area (Å²) in [6.07, 6.45) is 12.3. The predicted octanol–water partition coefficient (Wildman–Crippen LogP) is 18.0. The first-order valence-corrected chi connectivity index (χ1v) is 26.1. The van der Waals surface area contributed by atoms with Gasteiger partial charge >= 0.3 is 0 Å². The molecule has 4 bridgehead atoms. The molecule has 68 heavy (non-hydrogen) atoms. The SMILES string of the molecule is C[C@@H]1CC2CC[C@]3(c4ccccc4-c4cc(N(c5ccc(-c6ccc(-c7ccc8c(c7)-c7ccccc7[C@]87CC8CC(C8)C[C@@H]7C)cc6)cc5)c5cccc(-c6ccccc6)c5)ccc43)[C@@H](C2)C1. The predicted molar refractivity (Wildman–Crippen MR) is 284 cm³/mol. The molecule has 1 heteroatoms. The van der Waals surface area contributed by atoms with Crippen molar-refractivity contribution >= 4 is 17.1 Å². The van der Waals surface area contributed by atoms with Gasteiger partial charge < -0.3 is 4.90 Å². The lowest BCUT2D eigenvalue weighted by molar-refractivity contribution is 0.0856. The van der Waals surface area contributed by atoms with Crippen molar-refractivity contribution in [3.05, 3.63) is 210 Å². The molecule has 1 unspecified atom stereocenters. The Morgan fingerprint density at radius 2 is 0.912 bits per heavy atom. The van der Waals surface area contributed by atoms with Crippen molar-refractivity contribution < 1.29 is 0 Å². The number of anilines is 3. The third kappa shape index (κ3) is 6.13. The number of benzene rings is 8. The zero-order chi connectivity index (χ0) is 45.1. The maximum atomic E-state index is 2.55. The van der Waals surface area contributed by atoms with Crippen molar-refractivity contribution in [3.8, 4) is 55.6 Å². The van der Waals surface area contributed by atoms with E-state index < -0.39 is 0 Å². The molecule has 1 nitrogen and oxygen atoms in total. The molecule has 0 amide bonds. The van der Waals surface area contributed by atoms with Gasteiger partial charge in [-0.1, -0.05) is 159 Å². The van der Waals surface area contributed by atoms with E-state index in [-0.39, 0.29) is 10.8 Å². The summed E-state index contributed by atoms with van der Waals surface area (Å²) in [6.45, 7) is 5.06. The highest BCUT2D eigenvalue weighted by molar-refractivity contribution is 5.89. The van der Waals surface area contributed by atoms with Crippen molar-refractivity contribution in [3.63, 3.8) is 0 Å². The van der Waals surface area contributed by atoms with Gasteiger partial charge in [-0.3, -0.25) is 0 Å². The van der Waals surface area contributed by atoms with Crippen LogP contribution in [0.5, 0.6) is 0 Å². The maximum absolute atomic E-state index is 2.55. The number of fused-ring (bicyclic) bond motifs is 12. The molecule has 0 aromatic heterocycles. The fourth-order valence-electron chi connectivity index (χ4n) is 15.8. The van der Waals surface area contributed by atoms with Crippen LogP contribution in [0.4, 0.5) is 17.1 Å². The molecular formula is C67H61N. The summed E-state index contributed by atoms with van der Waals surface area (Å²) >= 11 is 0. The van der Waals surface area contributed by atoms with Gasteiger partial charge in [0.2, 0.25) is 0 Å². The molecule has 5 fully saturated rings. The number of rotatable bonds is 6. The first-order valence-electron chi connectivity index (χ1n) is 26.1. The van der Waals surface area contributed by atoms with Crippen LogP contribution in [-0.4, -0.2) is 0 Å². The van der Waals surface area contributed by atoms with E-state index in [0.717, 1.165) is 29.4 Å². The zero-order valence-corrected chi connectivity index (χ0v) is 39.7. The molecule has 5 saturated carbocycles. The summed E-state index contributed by atoms with van der Waals surface area (Å²) in [5.41, 5.74) is 23.4. The molecule has 0 heterocycles. The number of hydrogen-bond donors (Lipinski definition) is 0. The lowest BCUT2D eigenvalue weighted by Gasteiger charge is -2.50. The van der Waals surface area contributed by atoms with Crippen LogP contribution in [0.2, 0.25) is 0 Å². The van der Waals surface area contributed by atoms with E-state index in [4.69, 9.17) is 0 Å². The van der Waals surface area contributed by atoms with Gasteiger partial charge in [-0.05, 0) is 214 Å². The van der Waals surface area contributed by atoms with Crippen molar-refractivity contribution in [2.75, 3.05) is 4.90 Å². The van der Waals surface area contributed by atoms with E-state index in [1.165, 1.54) is 125 Å². The molecule has 0 saturated heterocycles. The van der Waals surface area contributed by atoms with Crippen LogP contribution in [0.25, 0.3) is 55.6 Å². The van der Waals surface area contributed by atoms with Crippen molar-refractivity contribution in [1.82, 2.24) is 0 Å². The van der Waals surface area contributed by atoms with Crippen LogP contribution in [0, 0.1) is 35.5 Å². The fourth-order valence-corrected chi connectivity index (χ4v) is 15.8. The van der Waals surface area contributed by atoms with E-state index in [2.05, 4.69) is 207 Å². The highest BCUT2D eigenvalue weighted by Gasteiger charge is 2.54. The summed E-state index contributed by atoms with van der Waals surface area (Å²) in [5, 5.41) is 0. The molecule has 15 rings (SSSR count). The Kier molecular flexibility index (Phi) is 9.28. The van der Waals surface area contributed by atoms with Gasteiger partial charge in [-0.2, -0.15) is 0 Å². The fraction of sp³-hybridized carbons (Fsp3) is 0.284. The Hall–Kier alpha value is -6.44. The largest absolute Gasteiger partial charge is 0.310 e. The Morgan fingerprint density at radius 3 is 1.68 bits per heavy atom. The van der Waals surface area contributed by atoms with Gasteiger partial charge in [0, 0.05) is 27.9 Å². The third-order valence-electron chi connectivity index (χ3n) is 18.7. The van der Waals surface area contributed by atoms with Crippen LogP contribution in [0.3, 0.4) is 0 Å². The topological polar surface area (TPSA) is 3.24 Å². The van der Waals surface area contributed by atoms with Crippen molar-refractivity contribution in [1.29, 1.82) is 0 Å². The lowest BCUT2D eigenvalue weighted by Crippen LogP contribution is -2.44. The normalized spacial score (nSPS) is 26.9. The monoisotopic (exact) mass is 879 g/mol. The summed E-state index contributed by atoms with van der Waals surface area (Å²) in [5.74, 6) is 4.85. The Labute approximate surface area is 403 Å². The zero-order valence-electron chi connectivity index (χ0n) is 39.7. The van der Waals surface area contributed by atoms with Crippen LogP contribution in [-0.2, 0) is 10.8 Å². The van der Waals surface area contributed by atoms with Gasteiger partial charge in [0.05, 0.1) is 0 Å². The summed E-state index contributed by atoms with van der Waals surface area (Å²) in [4.78, 5) is 2.49. The molecule has 0 radical (unpaired) electrons. The molecule has 8 aromatic rings. The molecule has 7 aliphatic carbocycles. The quantitative estimate of drug-likeness (QED) is 0.161. The van der Waals surface area contributed by atoms with E-state index >= 15 is 0 Å². The minimum Gasteiger partial charge on any atom is -0.310 e. The van der Waals surface area contributed by atoms with Gasteiger partial charge in [-0.15, -0.1) is 0 Å². The number of hydrogen-bond acceptors (Lipinski definition) is 1. The van der Waals surface area contributed by atoms with Crippen molar-refractivity contribution in [2.45, 2.75) is 82.5 Å². The minimum absolute atomic E-state index is 0.118. The summed E-state index contributed by atoms with van der Waals surface area (Å²) < 4.78 is 0. The molecule has 2 spiro atoms. The van der Waals surface area contributed by atoms with E-state index in [1.807, 2.05) is 0 Å². The van der Waals surface area contributed by atoms with Gasteiger partial charge in [0.15, 0.2) is 0 Å². The highest BCUT2D eigenvalue weighted by atomic mass is 15.1. The van der Waals surface area contributed by atoms with Gasteiger partial charge in [-0.25, -0.2) is 0 Å². The van der Waals surface area contributed by atoms with E-state index in [0.29, 0.717) is 11.8 Å². The summed E-state index contributed by atoms with van der Waals surface area (Å²) in [7, 11) is 0. The Morgan fingerprint density at radius 1 is 0.368 bits per heavy atom. The minimum atomic E-state index is 0.118. The van der Waals surface area contributed by atoms with E-state index in [9.17, 15) is 0 Å². The highest BCUT2D eigenvalue weighted by Crippen LogP contribution is 2.64. The Bertz CT molecular complexity index is 3230. The van der Waals surface area contributed by atoms with Crippen LogP contribution < -0.4 is 4.90 Å². The standard InChI is InChI=1S/C67H61N/c1-43-33-45-31-32-66(54(34-43)38-45)62-17-8-6-16-59(62)61-41-57(28-30-64(61)66)68(56-14-10-13-52(39-56)48-11-4-3-5-12-48)55-26-23-50(24-27-55)49-19-21-51(22-20-49)53-25-29-65-60(40-53)58-15-7-9-18-63(58)67(65)42-47-36-46(37-47)35-44(67)2/h3-30,39-41,43-47,54H,31-38,42H2,1-2H3/t43-,44+,45?,46?,47?,54-,66-,67-/m1/s1. The second-order valence-electron chi connectivity index (χ2n) is 22.4. The molecule has 0 aliphatic heterocycles. The molecule has 7 aliphatic rings. The van der Waals surface area contributed by atoms with Crippen LogP contribution in [0.1, 0.15) is 93.9 Å². The molecule has 6 atom stereocenters. The smallest absolute Gasteiger partial charge is 0.0468 e. The molecule has 8 aromatic carbocycles. The third-order valence-corrected chi connectivity index (χ3v) is 18.7. The van der Waals surface area contributed by atoms with Gasteiger partial charge in [0.1, 0.15) is 0 Å². The van der Waals surface area contributed by atoms with Gasteiger partial charge in [0.25, 0.3) is 0 Å². The molecular weight excluding hydrogens is 819 g/mol. The first kappa shape index (κ1) is 40.6. The average molecular weight is 880 g/mol. The second kappa shape index (κ2) is 15.5. The van der Waals surface area contributed by atoms with E-state index in [1.54, 1.807) is 22.3 Å². The van der Waals surface area contributed by atoms with Crippen LogP contribution in [0.15, 0.2) is 188 Å². The second-order valence-corrected chi connectivity index (χ2v) is 22.4. The Balaban J connectivity index is 0.812.